The molecule has 0 fully saturated rings. The molecule has 0 aliphatic carbocycles. The molecule has 27 heavy (non-hydrogen) atoms. The molecule has 8 nitrogen and oxygen atoms in total. The number of nitro groups is 1. The second-order valence-corrected chi connectivity index (χ2v) is 6.21. The monoisotopic (exact) mass is 391 g/mol. The topological polar surface area (TPSA) is 102 Å². The number of amides is 1. The normalized spacial score (nSPS) is 10.2. The van der Waals surface area contributed by atoms with Crippen molar-refractivity contribution in [2.24, 2.45) is 0 Å². The number of nitrogens with one attached hydrogen (secondary N) is 1. The third kappa shape index (κ3) is 5.42. The maximum atomic E-state index is 12.1. The van der Waals surface area contributed by atoms with E-state index in [2.05, 4.69) is 5.32 Å². The number of halogens is 1. The number of carbonyl (C=O) groups is 2. The minimum Gasteiger partial charge on any atom is -0.452 e. The molecule has 0 saturated heterocycles. The van der Waals surface area contributed by atoms with Crippen LogP contribution in [0.15, 0.2) is 42.5 Å². The van der Waals surface area contributed by atoms with Crippen molar-refractivity contribution < 1.29 is 19.2 Å². The van der Waals surface area contributed by atoms with Gasteiger partial charge in [0.15, 0.2) is 6.61 Å². The molecule has 142 valence electrons. The summed E-state index contributed by atoms with van der Waals surface area (Å²) in [6.45, 7) is -0.314. The molecule has 0 radical (unpaired) electrons. The maximum Gasteiger partial charge on any atom is 0.338 e. The van der Waals surface area contributed by atoms with Gasteiger partial charge < -0.3 is 15.0 Å². The lowest BCUT2D eigenvalue weighted by Gasteiger charge is -2.13. The van der Waals surface area contributed by atoms with E-state index in [1.807, 2.05) is 0 Å². The lowest BCUT2D eigenvalue weighted by molar-refractivity contribution is -0.384. The third-order valence-electron chi connectivity index (χ3n) is 3.66. The molecular formula is C18H18ClN3O5. The zero-order chi connectivity index (χ0) is 20.0. The van der Waals surface area contributed by atoms with Crippen molar-refractivity contribution in [1.82, 2.24) is 5.32 Å². The fourth-order valence-electron chi connectivity index (χ4n) is 2.28. The van der Waals surface area contributed by atoms with Crippen LogP contribution < -0.4 is 10.2 Å². The first-order valence-corrected chi connectivity index (χ1v) is 8.30. The van der Waals surface area contributed by atoms with Crippen LogP contribution in [0.4, 0.5) is 11.4 Å². The van der Waals surface area contributed by atoms with E-state index in [-0.39, 0.29) is 17.8 Å². The van der Waals surface area contributed by atoms with Crippen molar-refractivity contribution >= 4 is 34.9 Å². The van der Waals surface area contributed by atoms with Gasteiger partial charge in [0.2, 0.25) is 0 Å². The van der Waals surface area contributed by atoms with E-state index in [1.165, 1.54) is 12.1 Å². The average Bonchev–Trinajstić information content (AvgIpc) is 2.64. The Hall–Kier alpha value is -3.13. The van der Waals surface area contributed by atoms with E-state index < -0.39 is 23.4 Å². The molecule has 2 rings (SSSR count). The van der Waals surface area contributed by atoms with Crippen molar-refractivity contribution in [2.45, 2.75) is 6.54 Å². The Kier molecular flexibility index (Phi) is 6.73. The third-order valence-corrected chi connectivity index (χ3v) is 4.03. The number of carbonyl (C=O) groups excluding carboxylic acids is 2. The van der Waals surface area contributed by atoms with Gasteiger partial charge in [-0.1, -0.05) is 29.8 Å². The highest BCUT2D eigenvalue weighted by atomic mass is 35.5. The van der Waals surface area contributed by atoms with E-state index >= 15 is 0 Å². The molecule has 2 aromatic rings. The summed E-state index contributed by atoms with van der Waals surface area (Å²) < 4.78 is 4.92. The first-order valence-electron chi connectivity index (χ1n) is 7.92. The number of hydrogen-bond donors (Lipinski definition) is 1. The standard InChI is InChI=1S/C18H18ClN3O5/c1-21(2)15-8-7-12(9-16(15)22(25)26)18(24)27-11-17(23)20-10-13-5-3-4-6-14(13)19/h3-9H,10-11H2,1-2H3,(H,20,23). The van der Waals surface area contributed by atoms with Crippen LogP contribution in [0, 0.1) is 10.1 Å². The number of ether oxygens (including phenoxy) is 1. The predicted molar refractivity (Wildman–Crippen MR) is 101 cm³/mol. The van der Waals surface area contributed by atoms with Crippen LogP contribution in [0.3, 0.4) is 0 Å². The Labute approximate surface area is 160 Å². The SMILES string of the molecule is CN(C)c1ccc(C(=O)OCC(=O)NCc2ccccc2Cl)cc1[N+](=O)[O-]. The highest BCUT2D eigenvalue weighted by Crippen LogP contribution is 2.27. The number of rotatable bonds is 7. The van der Waals surface area contributed by atoms with Gasteiger partial charge in [0, 0.05) is 31.7 Å². The Morgan fingerprint density at radius 1 is 1.22 bits per heavy atom. The second-order valence-electron chi connectivity index (χ2n) is 5.80. The van der Waals surface area contributed by atoms with Gasteiger partial charge in [0.25, 0.3) is 11.6 Å². The molecule has 0 saturated carbocycles. The molecule has 0 heterocycles. The van der Waals surface area contributed by atoms with Gasteiger partial charge in [0.05, 0.1) is 10.5 Å². The minimum absolute atomic E-state index is 0.00814. The molecule has 0 spiro atoms. The highest BCUT2D eigenvalue weighted by molar-refractivity contribution is 6.31. The predicted octanol–water partition coefficient (Wildman–Crippen LogP) is 2.79. The van der Waals surface area contributed by atoms with E-state index in [0.29, 0.717) is 10.7 Å². The molecule has 0 aliphatic rings. The van der Waals surface area contributed by atoms with Gasteiger partial charge >= 0.3 is 5.97 Å². The number of nitrogens with zero attached hydrogens (tertiary/aromatic N) is 2. The molecular weight excluding hydrogens is 374 g/mol. The van der Waals surface area contributed by atoms with E-state index in [0.717, 1.165) is 11.6 Å². The number of hydrogen-bond acceptors (Lipinski definition) is 6. The number of anilines is 1. The van der Waals surface area contributed by atoms with Gasteiger partial charge in [-0.05, 0) is 23.8 Å². The van der Waals surface area contributed by atoms with Gasteiger partial charge in [-0.15, -0.1) is 0 Å². The van der Waals surface area contributed by atoms with E-state index in [9.17, 15) is 19.7 Å². The van der Waals surface area contributed by atoms with Crippen molar-refractivity contribution in [3.63, 3.8) is 0 Å². The molecule has 1 N–H and O–H groups in total. The number of benzene rings is 2. The minimum atomic E-state index is -0.823. The number of nitro benzene ring substituents is 1. The first kappa shape index (κ1) is 20.2. The van der Waals surface area contributed by atoms with Crippen molar-refractivity contribution in [3.05, 3.63) is 68.7 Å². The molecule has 2 aromatic carbocycles. The Morgan fingerprint density at radius 3 is 2.56 bits per heavy atom. The van der Waals surface area contributed by atoms with Gasteiger partial charge in [0.1, 0.15) is 5.69 Å². The van der Waals surface area contributed by atoms with Crippen LogP contribution in [0.25, 0.3) is 0 Å². The molecule has 0 aromatic heterocycles. The van der Waals surface area contributed by atoms with Gasteiger partial charge in [-0.25, -0.2) is 4.79 Å². The summed E-state index contributed by atoms with van der Waals surface area (Å²) in [5.41, 5.74) is 0.853. The summed E-state index contributed by atoms with van der Waals surface area (Å²) in [5, 5.41) is 14.3. The van der Waals surface area contributed by atoms with Crippen molar-refractivity contribution in [1.29, 1.82) is 0 Å². The average molecular weight is 392 g/mol. The van der Waals surface area contributed by atoms with Crippen LogP contribution >= 0.6 is 11.6 Å². The molecule has 0 atom stereocenters. The molecule has 0 unspecified atom stereocenters. The smallest absolute Gasteiger partial charge is 0.338 e. The molecule has 0 bridgehead atoms. The maximum absolute atomic E-state index is 12.1. The van der Waals surface area contributed by atoms with Gasteiger partial charge in [-0.2, -0.15) is 0 Å². The first-order chi connectivity index (χ1) is 12.8. The summed E-state index contributed by atoms with van der Waals surface area (Å²) in [5.74, 6) is -1.33. The van der Waals surface area contributed by atoms with E-state index in [4.69, 9.17) is 16.3 Å². The van der Waals surface area contributed by atoms with E-state index in [1.54, 1.807) is 43.3 Å². The summed E-state index contributed by atoms with van der Waals surface area (Å²) >= 11 is 6.00. The molecule has 9 heteroatoms. The zero-order valence-electron chi connectivity index (χ0n) is 14.8. The summed E-state index contributed by atoms with van der Waals surface area (Å²) in [6.07, 6.45) is 0. The zero-order valence-corrected chi connectivity index (χ0v) is 15.5. The van der Waals surface area contributed by atoms with Crippen LogP contribution in [0.1, 0.15) is 15.9 Å². The summed E-state index contributed by atoms with van der Waals surface area (Å²) in [6, 6.07) is 11.0. The summed E-state index contributed by atoms with van der Waals surface area (Å²) in [4.78, 5) is 36.1. The molecule has 1 amide bonds. The Bertz CT molecular complexity index is 870. The van der Waals surface area contributed by atoms with Crippen molar-refractivity contribution in [3.8, 4) is 0 Å². The van der Waals surface area contributed by atoms with Crippen LogP contribution in [0.2, 0.25) is 5.02 Å². The van der Waals surface area contributed by atoms with Gasteiger partial charge in [-0.3, -0.25) is 14.9 Å². The number of esters is 1. The van der Waals surface area contributed by atoms with Crippen LogP contribution in [-0.4, -0.2) is 37.5 Å². The lowest BCUT2D eigenvalue weighted by Crippen LogP contribution is -2.28. The van der Waals surface area contributed by atoms with Crippen LogP contribution in [0.5, 0.6) is 0 Å². The van der Waals surface area contributed by atoms with Crippen molar-refractivity contribution in [2.75, 3.05) is 25.6 Å². The summed E-state index contributed by atoms with van der Waals surface area (Å²) in [7, 11) is 3.31. The van der Waals surface area contributed by atoms with Crippen LogP contribution in [-0.2, 0) is 16.1 Å². The Balaban J connectivity index is 1.95. The quantitative estimate of drug-likeness (QED) is 0.442. The fourth-order valence-corrected chi connectivity index (χ4v) is 2.48. The highest BCUT2D eigenvalue weighted by Gasteiger charge is 2.20. The second kappa shape index (κ2) is 9.00. The fraction of sp³-hybridized carbons (Fsp3) is 0.222. The lowest BCUT2D eigenvalue weighted by atomic mass is 10.1. The largest absolute Gasteiger partial charge is 0.452 e. The Morgan fingerprint density at radius 2 is 1.93 bits per heavy atom. The molecule has 0 aliphatic heterocycles.